The zero-order valence-corrected chi connectivity index (χ0v) is 9.95. The molecule has 0 amide bonds. The molecule has 0 bridgehead atoms. The zero-order chi connectivity index (χ0) is 11.1. The van der Waals surface area contributed by atoms with Crippen LogP contribution in [0.1, 0.15) is 4.88 Å². The number of fused-ring (bicyclic) bond motifs is 1. The van der Waals surface area contributed by atoms with Gasteiger partial charge in [-0.05, 0) is 31.2 Å². The lowest BCUT2D eigenvalue weighted by Crippen LogP contribution is -1.91. The molecular formula is C12H11N3S. The van der Waals surface area contributed by atoms with Gasteiger partial charge < -0.3 is 4.57 Å². The van der Waals surface area contributed by atoms with E-state index in [1.807, 2.05) is 23.7 Å². The molecule has 0 aromatic carbocycles. The molecule has 0 N–H and O–H groups in total. The minimum absolute atomic E-state index is 0.934. The van der Waals surface area contributed by atoms with E-state index in [9.17, 15) is 0 Å². The number of pyridine rings is 1. The number of aromatic nitrogens is 3. The average molecular weight is 229 g/mol. The van der Waals surface area contributed by atoms with Crippen molar-refractivity contribution in [3.05, 3.63) is 35.3 Å². The number of imidazole rings is 1. The number of rotatable bonds is 1. The second kappa shape index (κ2) is 3.42. The van der Waals surface area contributed by atoms with Crippen LogP contribution in [-0.2, 0) is 7.05 Å². The maximum absolute atomic E-state index is 4.61. The van der Waals surface area contributed by atoms with Gasteiger partial charge in [0.05, 0.1) is 4.88 Å². The zero-order valence-electron chi connectivity index (χ0n) is 9.14. The van der Waals surface area contributed by atoms with Crippen LogP contribution < -0.4 is 0 Å². The van der Waals surface area contributed by atoms with Crippen LogP contribution in [0.15, 0.2) is 30.5 Å². The summed E-state index contributed by atoms with van der Waals surface area (Å²) in [6.45, 7) is 2.11. The van der Waals surface area contributed by atoms with Gasteiger partial charge in [-0.25, -0.2) is 9.97 Å². The van der Waals surface area contributed by atoms with Crippen LogP contribution >= 0.6 is 11.3 Å². The third-order valence-electron chi connectivity index (χ3n) is 2.59. The van der Waals surface area contributed by atoms with Gasteiger partial charge in [-0.1, -0.05) is 0 Å². The lowest BCUT2D eigenvalue weighted by atomic mass is 10.4. The summed E-state index contributed by atoms with van der Waals surface area (Å²) < 4.78 is 2.04. The van der Waals surface area contributed by atoms with Crippen LogP contribution in [-0.4, -0.2) is 14.5 Å². The Morgan fingerprint density at radius 1 is 1.25 bits per heavy atom. The fourth-order valence-electron chi connectivity index (χ4n) is 1.80. The third-order valence-corrected chi connectivity index (χ3v) is 3.59. The van der Waals surface area contributed by atoms with Crippen molar-refractivity contribution in [2.75, 3.05) is 0 Å². The molecule has 0 spiro atoms. The van der Waals surface area contributed by atoms with Gasteiger partial charge >= 0.3 is 0 Å². The molecule has 0 aliphatic heterocycles. The number of thiophene rings is 1. The van der Waals surface area contributed by atoms with E-state index in [4.69, 9.17) is 0 Å². The maximum Gasteiger partial charge on any atom is 0.160 e. The van der Waals surface area contributed by atoms with Gasteiger partial charge in [-0.2, -0.15) is 0 Å². The van der Waals surface area contributed by atoms with E-state index in [1.54, 1.807) is 17.5 Å². The van der Waals surface area contributed by atoms with Crippen molar-refractivity contribution in [1.29, 1.82) is 0 Å². The minimum atomic E-state index is 0.934. The molecule has 0 aliphatic carbocycles. The van der Waals surface area contributed by atoms with Crippen molar-refractivity contribution in [2.45, 2.75) is 6.92 Å². The van der Waals surface area contributed by atoms with Crippen molar-refractivity contribution >= 4 is 22.5 Å². The molecular weight excluding hydrogens is 218 g/mol. The van der Waals surface area contributed by atoms with E-state index in [0.29, 0.717) is 0 Å². The van der Waals surface area contributed by atoms with Gasteiger partial charge in [0.2, 0.25) is 0 Å². The standard InChI is InChI=1S/C12H11N3S/c1-8-5-6-10(16-8)12-14-9-4-3-7-13-11(9)15(12)2/h3-7H,1-2H3. The summed E-state index contributed by atoms with van der Waals surface area (Å²) >= 11 is 1.76. The van der Waals surface area contributed by atoms with E-state index < -0.39 is 0 Å². The summed E-state index contributed by atoms with van der Waals surface area (Å²) in [5.74, 6) is 0.992. The van der Waals surface area contributed by atoms with Crippen molar-refractivity contribution in [1.82, 2.24) is 14.5 Å². The van der Waals surface area contributed by atoms with E-state index in [0.717, 1.165) is 17.0 Å². The Morgan fingerprint density at radius 3 is 2.81 bits per heavy atom. The molecule has 0 fully saturated rings. The van der Waals surface area contributed by atoms with E-state index in [2.05, 4.69) is 29.0 Å². The Bertz CT molecular complexity index is 651. The molecule has 3 aromatic heterocycles. The van der Waals surface area contributed by atoms with Crippen molar-refractivity contribution in [2.24, 2.45) is 7.05 Å². The highest BCUT2D eigenvalue weighted by Crippen LogP contribution is 2.28. The SMILES string of the molecule is Cc1ccc(-c2nc3cccnc3n2C)s1. The van der Waals surface area contributed by atoms with Crippen LogP contribution in [0.2, 0.25) is 0 Å². The monoisotopic (exact) mass is 229 g/mol. The maximum atomic E-state index is 4.61. The molecule has 0 unspecified atom stereocenters. The van der Waals surface area contributed by atoms with E-state index >= 15 is 0 Å². The Kier molecular flexibility index (Phi) is 2.04. The van der Waals surface area contributed by atoms with Crippen LogP contribution in [0, 0.1) is 6.92 Å². The van der Waals surface area contributed by atoms with E-state index in [-0.39, 0.29) is 0 Å². The number of aryl methyl sites for hydroxylation is 2. The van der Waals surface area contributed by atoms with Crippen LogP contribution in [0.5, 0.6) is 0 Å². The molecule has 0 aliphatic rings. The summed E-state index contributed by atoms with van der Waals surface area (Å²) in [5.41, 5.74) is 1.88. The van der Waals surface area contributed by atoms with Crippen molar-refractivity contribution in [3.63, 3.8) is 0 Å². The smallest absolute Gasteiger partial charge is 0.160 e. The number of hydrogen-bond donors (Lipinski definition) is 0. The molecule has 3 rings (SSSR count). The predicted molar refractivity (Wildman–Crippen MR) is 66.6 cm³/mol. The first-order chi connectivity index (χ1) is 7.75. The minimum Gasteiger partial charge on any atom is -0.311 e. The quantitative estimate of drug-likeness (QED) is 0.642. The lowest BCUT2D eigenvalue weighted by Gasteiger charge is -1.97. The topological polar surface area (TPSA) is 30.7 Å². The van der Waals surface area contributed by atoms with Gasteiger partial charge in [-0.15, -0.1) is 11.3 Å². The van der Waals surface area contributed by atoms with Gasteiger partial charge in [0.1, 0.15) is 5.52 Å². The fraction of sp³-hybridized carbons (Fsp3) is 0.167. The van der Waals surface area contributed by atoms with Gasteiger partial charge in [0.15, 0.2) is 11.5 Å². The normalized spacial score (nSPS) is 11.1. The second-order valence-corrected chi connectivity index (χ2v) is 5.04. The van der Waals surface area contributed by atoms with Crippen LogP contribution in [0.4, 0.5) is 0 Å². The van der Waals surface area contributed by atoms with Crippen molar-refractivity contribution in [3.8, 4) is 10.7 Å². The highest BCUT2D eigenvalue weighted by atomic mass is 32.1. The average Bonchev–Trinajstić information content (AvgIpc) is 2.84. The van der Waals surface area contributed by atoms with Crippen molar-refractivity contribution < 1.29 is 0 Å². The Labute approximate surface area is 97.4 Å². The lowest BCUT2D eigenvalue weighted by molar-refractivity contribution is 0.945. The Balaban J connectivity index is 2.28. The molecule has 3 heterocycles. The third kappa shape index (κ3) is 1.34. The first-order valence-corrected chi connectivity index (χ1v) is 5.91. The molecule has 4 heteroatoms. The van der Waals surface area contributed by atoms with E-state index in [1.165, 1.54) is 9.75 Å². The summed E-state index contributed by atoms with van der Waals surface area (Å²) in [7, 11) is 2.01. The number of hydrogen-bond acceptors (Lipinski definition) is 3. The Morgan fingerprint density at radius 2 is 2.12 bits per heavy atom. The second-order valence-electron chi connectivity index (χ2n) is 3.75. The summed E-state index contributed by atoms with van der Waals surface area (Å²) in [6.07, 6.45) is 1.80. The molecule has 3 aromatic rings. The summed E-state index contributed by atoms with van der Waals surface area (Å²) in [4.78, 5) is 11.4. The van der Waals surface area contributed by atoms with Crippen LogP contribution in [0.3, 0.4) is 0 Å². The highest BCUT2D eigenvalue weighted by molar-refractivity contribution is 7.15. The number of nitrogens with zero attached hydrogens (tertiary/aromatic N) is 3. The van der Waals surface area contributed by atoms with Gasteiger partial charge in [-0.3, -0.25) is 0 Å². The fourth-order valence-corrected chi connectivity index (χ4v) is 2.69. The molecule has 0 atom stereocenters. The summed E-state index contributed by atoms with van der Waals surface area (Å²) in [6, 6.07) is 8.14. The molecule has 3 nitrogen and oxygen atoms in total. The molecule has 0 saturated carbocycles. The first-order valence-electron chi connectivity index (χ1n) is 5.10. The Hall–Kier alpha value is -1.68. The van der Waals surface area contributed by atoms with Gasteiger partial charge in [0.25, 0.3) is 0 Å². The van der Waals surface area contributed by atoms with Crippen LogP contribution in [0.25, 0.3) is 21.9 Å². The first kappa shape index (κ1) is 9.54. The highest BCUT2D eigenvalue weighted by Gasteiger charge is 2.11. The molecule has 80 valence electrons. The predicted octanol–water partition coefficient (Wildman–Crippen LogP) is 3.01. The largest absolute Gasteiger partial charge is 0.311 e. The summed E-state index contributed by atoms with van der Waals surface area (Å²) in [5, 5.41) is 0. The van der Waals surface area contributed by atoms with Gasteiger partial charge in [0, 0.05) is 18.1 Å². The molecule has 16 heavy (non-hydrogen) atoms. The molecule has 0 radical (unpaired) electrons. The molecule has 0 saturated heterocycles.